The van der Waals surface area contributed by atoms with Crippen molar-refractivity contribution in [2.75, 3.05) is 0 Å². The Morgan fingerprint density at radius 2 is 0.963 bits per heavy atom. The molecule has 0 amide bonds. The largest absolute Gasteiger partial charge is 0.135 e. The molecule has 0 saturated heterocycles. The molecule has 0 spiro atoms. The van der Waals surface area contributed by atoms with Crippen molar-refractivity contribution in [1.29, 1.82) is 0 Å². The second kappa shape index (κ2) is 4.88. The van der Waals surface area contributed by atoms with Gasteiger partial charge in [0.05, 0.1) is 0 Å². The van der Waals surface area contributed by atoms with E-state index in [4.69, 9.17) is 0 Å². The molecule has 0 unspecified atom stereocenters. The molecular formula is C26H16S. The minimum Gasteiger partial charge on any atom is -0.135 e. The fraction of sp³-hybridized carbons (Fsp3) is 0.0769. The Morgan fingerprint density at radius 3 is 1.48 bits per heavy atom. The molecule has 0 atom stereocenters. The van der Waals surface area contributed by atoms with Crippen LogP contribution in [0.3, 0.4) is 0 Å². The highest BCUT2D eigenvalue weighted by Gasteiger charge is 2.26. The van der Waals surface area contributed by atoms with Crippen LogP contribution in [0.25, 0.3) is 42.4 Å². The minimum absolute atomic E-state index is 1.06. The first kappa shape index (κ1) is 14.2. The van der Waals surface area contributed by atoms with E-state index in [0.717, 1.165) is 12.8 Å². The topological polar surface area (TPSA) is 0 Å². The molecule has 4 aromatic carbocycles. The standard InChI is InChI=1S/C26H16S/c1-3-7-17-15(5-1)13-21-19(17)9-11-23-25(21)26-22-14-16-6-2-4-8-18(16)20(22)10-12-24(26)27-23/h1-12H,13-14H2. The van der Waals surface area contributed by atoms with Crippen LogP contribution in [0.1, 0.15) is 22.3 Å². The van der Waals surface area contributed by atoms with Crippen LogP contribution < -0.4 is 0 Å². The van der Waals surface area contributed by atoms with E-state index in [0.29, 0.717) is 0 Å². The van der Waals surface area contributed by atoms with Crippen molar-refractivity contribution in [3.8, 4) is 22.3 Å². The quantitative estimate of drug-likeness (QED) is 0.268. The molecule has 1 heterocycles. The Kier molecular flexibility index (Phi) is 2.56. The molecule has 0 N–H and O–H groups in total. The van der Waals surface area contributed by atoms with Crippen molar-refractivity contribution in [3.63, 3.8) is 0 Å². The van der Waals surface area contributed by atoms with Gasteiger partial charge in [0.1, 0.15) is 0 Å². The summed E-state index contributed by atoms with van der Waals surface area (Å²) in [4.78, 5) is 0. The zero-order valence-corrected chi connectivity index (χ0v) is 15.6. The summed E-state index contributed by atoms with van der Waals surface area (Å²) in [6.45, 7) is 0. The van der Waals surface area contributed by atoms with Gasteiger partial charge in [-0.15, -0.1) is 11.3 Å². The van der Waals surface area contributed by atoms with Crippen LogP contribution >= 0.6 is 11.3 Å². The lowest BCUT2D eigenvalue weighted by Crippen LogP contribution is -1.86. The van der Waals surface area contributed by atoms with E-state index >= 15 is 0 Å². The highest BCUT2D eigenvalue weighted by Crippen LogP contribution is 2.49. The second-order valence-corrected chi connectivity index (χ2v) is 8.78. The normalized spacial score (nSPS) is 13.6. The van der Waals surface area contributed by atoms with E-state index in [9.17, 15) is 0 Å². The molecule has 2 aliphatic rings. The zero-order chi connectivity index (χ0) is 17.5. The van der Waals surface area contributed by atoms with Gasteiger partial charge in [0.15, 0.2) is 0 Å². The summed E-state index contributed by atoms with van der Waals surface area (Å²) in [6, 6.07) is 27.2. The molecule has 2 aliphatic carbocycles. The average molecular weight is 360 g/mol. The van der Waals surface area contributed by atoms with Crippen LogP contribution in [0.4, 0.5) is 0 Å². The Balaban J connectivity index is 1.61. The Labute approximate surface area is 161 Å². The van der Waals surface area contributed by atoms with Crippen molar-refractivity contribution < 1.29 is 0 Å². The minimum atomic E-state index is 1.06. The Bertz CT molecular complexity index is 1310. The van der Waals surface area contributed by atoms with E-state index < -0.39 is 0 Å². The molecule has 7 rings (SSSR count). The third-order valence-electron chi connectivity index (χ3n) is 6.37. The molecule has 1 aromatic heterocycles. The van der Waals surface area contributed by atoms with Crippen molar-refractivity contribution >= 4 is 31.5 Å². The lowest BCUT2D eigenvalue weighted by Gasteiger charge is -2.06. The number of thiophene rings is 1. The van der Waals surface area contributed by atoms with E-state index in [1.165, 1.54) is 64.7 Å². The van der Waals surface area contributed by atoms with Crippen molar-refractivity contribution in [2.45, 2.75) is 12.8 Å². The van der Waals surface area contributed by atoms with Gasteiger partial charge in [-0.25, -0.2) is 0 Å². The summed E-state index contributed by atoms with van der Waals surface area (Å²) in [6.07, 6.45) is 2.12. The molecule has 0 bridgehead atoms. The molecule has 0 saturated carbocycles. The molecular weight excluding hydrogens is 344 g/mol. The van der Waals surface area contributed by atoms with E-state index in [2.05, 4.69) is 72.8 Å². The van der Waals surface area contributed by atoms with Gasteiger partial charge in [0.2, 0.25) is 0 Å². The highest BCUT2D eigenvalue weighted by atomic mass is 32.1. The Hall–Kier alpha value is -2.90. The summed E-state index contributed by atoms with van der Waals surface area (Å²) in [5.74, 6) is 0. The first-order valence-corrected chi connectivity index (χ1v) is 10.4. The van der Waals surface area contributed by atoms with Crippen molar-refractivity contribution in [1.82, 2.24) is 0 Å². The molecule has 0 radical (unpaired) electrons. The van der Waals surface area contributed by atoms with Gasteiger partial charge in [0.25, 0.3) is 0 Å². The molecule has 126 valence electrons. The number of rotatable bonds is 0. The van der Waals surface area contributed by atoms with E-state index in [1.54, 1.807) is 0 Å². The van der Waals surface area contributed by atoms with Gasteiger partial charge in [-0.1, -0.05) is 60.7 Å². The zero-order valence-electron chi connectivity index (χ0n) is 14.8. The van der Waals surface area contributed by atoms with Crippen molar-refractivity contribution in [3.05, 3.63) is 95.1 Å². The molecule has 0 nitrogen and oxygen atoms in total. The molecule has 0 aliphatic heterocycles. The predicted octanol–water partition coefficient (Wildman–Crippen LogP) is 7.20. The van der Waals surface area contributed by atoms with Crippen LogP contribution in [0.15, 0.2) is 72.8 Å². The highest BCUT2D eigenvalue weighted by molar-refractivity contribution is 7.25. The van der Waals surface area contributed by atoms with E-state index in [-0.39, 0.29) is 0 Å². The van der Waals surface area contributed by atoms with Crippen LogP contribution in [-0.2, 0) is 12.8 Å². The van der Waals surface area contributed by atoms with Gasteiger partial charge in [-0.2, -0.15) is 0 Å². The smallest absolute Gasteiger partial charge is 0.0358 e. The SMILES string of the molecule is c1ccc2c(c1)Cc1c-2ccc2sc3ccc4c(c3c12)Cc1ccccc1-4. The summed E-state index contributed by atoms with van der Waals surface area (Å²) < 4.78 is 2.86. The maximum absolute atomic E-state index is 2.34. The third kappa shape index (κ3) is 1.73. The monoisotopic (exact) mass is 360 g/mol. The second-order valence-electron chi connectivity index (χ2n) is 7.70. The summed E-state index contributed by atoms with van der Waals surface area (Å²) in [7, 11) is 0. The van der Waals surface area contributed by atoms with Crippen LogP contribution in [0, 0.1) is 0 Å². The average Bonchev–Trinajstić information content (AvgIpc) is 3.37. The van der Waals surface area contributed by atoms with E-state index in [1.807, 2.05) is 11.3 Å². The van der Waals surface area contributed by atoms with Gasteiger partial charge in [0, 0.05) is 20.2 Å². The van der Waals surface area contributed by atoms with Crippen LogP contribution in [-0.4, -0.2) is 0 Å². The molecule has 1 heteroatoms. The number of hydrogen-bond acceptors (Lipinski definition) is 1. The maximum atomic E-state index is 2.34. The first-order valence-electron chi connectivity index (χ1n) is 9.55. The molecule has 0 fully saturated rings. The number of hydrogen-bond donors (Lipinski definition) is 0. The predicted molar refractivity (Wildman–Crippen MR) is 116 cm³/mol. The lowest BCUT2D eigenvalue weighted by atomic mass is 9.96. The number of benzene rings is 4. The van der Waals surface area contributed by atoms with Gasteiger partial charge >= 0.3 is 0 Å². The van der Waals surface area contributed by atoms with Crippen LogP contribution in [0.5, 0.6) is 0 Å². The van der Waals surface area contributed by atoms with Gasteiger partial charge < -0.3 is 0 Å². The van der Waals surface area contributed by atoms with Crippen LogP contribution in [0.2, 0.25) is 0 Å². The first-order chi connectivity index (χ1) is 13.4. The fourth-order valence-corrected chi connectivity index (χ4v) is 6.38. The summed E-state index contributed by atoms with van der Waals surface area (Å²) in [5.41, 5.74) is 11.7. The van der Waals surface area contributed by atoms with Crippen molar-refractivity contribution in [2.24, 2.45) is 0 Å². The summed E-state index contributed by atoms with van der Waals surface area (Å²) >= 11 is 1.95. The molecule has 5 aromatic rings. The number of fused-ring (bicyclic) bond motifs is 11. The molecule has 27 heavy (non-hydrogen) atoms. The Morgan fingerprint density at radius 1 is 0.481 bits per heavy atom. The van der Waals surface area contributed by atoms with Gasteiger partial charge in [-0.05, 0) is 69.5 Å². The lowest BCUT2D eigenvalue weighted by molar-refractivity contribution is 1.28. The summed E-state index contributed by atoms with van der Waals surface area (Å²) in [5, 5.41) is 3.02. The maximum Gasteiger partial charge on any atom is 0.0358 e. The third-order valence-corrected chi connectivity index (χ3v) is 7.49. The fourth-order valence-electron chi connectivity index (χ4n) is 5.22. The van der Waals surface area contributed by atoms with Gasteiger partial charge in [-0.3, -0.25) is 0 Å².